The highest BCUT2D eigenvalue weighted by atomic mass is 16.5. The summed E-state index contributed by atoms with van der Waals surface area (Å²) < 4.78 is 5.18. The van der Waals surface area contributed by atoms with Crippen molar-refractivity contribution in [3.63, 3.8) is 0 Å². The van der Waals surface area contributed by atoms with Gasteiger partial charge in [-0.15, -0.1) is 0 Å². The summed E-state index contributed by atoms with van der Waals surface area (Å²) in [4.78, 5) is 30.4. The molecule has 7 nitrogen and oxygen atoms in total. The van der Waals surface area contributed by atoms with Crippen molar-refractivity contribution < 1.29 is 23.9 Å². The van der Waals surface area contributed by atoms with Crippen molar-refractivity contribution in [1.82, 2.24) is 4.98 Å². The molecule has 0 aromatic carbocycles. The smallest absolute Gasteiger partial charge is 0.342 e. The third-order valence-corrected chi connectivity index (χ3v) is 4.79. The van der Waals surface area contributed by atoms with Crippen LogP contribution in [0.3, 0.4) is 0 Å². The zero-order valence-corrected chi connectivity index (χ0v) is 15.6. The predicted octanol–water partition coefficient (Wildman–Crippen LogP) is 1.43. The third-order valence-electron chi connectivity index (χ3n) is 4.79. The van der Waals surface area contributed by atoms with E-state index in [1.807, 2.05) is 25.7 Å². The number of anilines is 1. The van der Waals surface area contributed by atoms with Gasteiger partial charge in [0.15, 0.2) is 0 Å². The Morgan fingerprint density at radius 1 is 1.28 bits per heavy atom. The van der Waals surface area contributed by atoms with Crippen molar-refractivity contribution in [2.75, 3.05) is 31.1 Å². The van der Waals surface area contributed by atoms with Crippen LogP contribution in [0.5, 0.6) is 0 Å². The first-order chi connectivity index (χ1) is 11.6. The molecule has 1 aromatic heterocycles. The molecule has 1 aliphatic rings. The number of amides is 1. The number of aromatic nitrogens is 1. The minimum Gasteiger partial charge on any atom is -0.498 e. The van der Waals surface area contributed by atoms with Gasteiger partial charge in [0.1, 0.15) is 24.5 Å². The van der Waals surface area contributed by atoms with Crippen LogP contribution in [-0.2, 0) is 4.74 Å². The number of nitrogens with zero attached hydrogens (tertiary/aromatic N) is 3. The lowest BCUT2D eigenvalue weighted by atomic mass is 10.00. The Morgan fingerprint density at radius 3 is 2.36 bits per heavy atom. The highest BCUT2D eigenvalue weighted by Crippen LogP contribution is 2.29. The molecule has 1 amide bonds. The molecular formula is C18H27N3O4. The number of carbonyl (C=O) groups excluding carboxylic acids is 2. The molecule has 0 atom stereocenters. The van der Waals surface area contributed by atoms with E-state index in [4.69, 9.17) is 4.74 Å². The van der Waals surface area contributed by atoms with Crippen LogP contribution in [0.4, 0.5) is 10.6 Å². The fourth-order valence-corrected chi connectivity index (χ4v) is 3.23. The third kappa shape index (κ3) is 3.76. The second-order valence-corrected chi connectivity index (χ2v) is 7.67. The Morgan fingerprint density at radius 2 is 1.88 bits per heavy atom. The SMILES string of the molecule is CC(C)OC(=O)c1cccnc1N1CC[N+](C(=O)[O-])(C(C)(C)C)CC1. The van der Waals surface area contributed by atoms with Gasteiger partial charge in [0.2, 0.25) is 0 Å². The van der Waals surface area contributed by atoms with Gasteiger partial charge >= 0.3 is 5.97 Å². The number of pyridine rings is 1. The summed E-state index contributed by atoms with van der Waals surface area (Å²) in [5.41, 5.74) is -0.0607. The number of hydrogen-bond acceptors (Lipinski definition) is 6. The summed E-state index contributed by atoms with van der Waals surface area (Å²) in [6, 6.07) is 3.38. The molecule has 0 unspecified atom stereocenters. The van der Waals surface area contributed by atoms with Gasteiger partial charge in [0.25, 0.3) is 6.09 Å². The zero-order valence-electron chi connectivity index (χ0n) is 15.6. The molecule has 0 aliphatic carbocycles. The van der Waals surface area contributed by atoms with Gasteiger partial charge in [0.05, 0.1) is 24.7 Å². The molecule has 1 saturated heterocycles. The van der Waals surface area contributed by atoms with Crippen LogP contribution in [-0.4, -0.2) is 59.4 Å². The maximum atomic E-state index is 12.3. The summed E-state index contributed by atoms with van der Waals surface area (Å²) in [6.45, 7) is 11.0. The minimum atomic E-state index is -1.06. The fraction of sp³-hybridized carbons (Fsp3) is 0.611. The van der Waals surface area contributed by atoms with Crippen molar-refractivity contribution in [2.24, 2.45) is 0 Å². The van der Waals surface area contributed by atoms with E-state index in [1.54, 1.807) is 32.2 Å². The number of esters is 1. The molecule has 0 N–H and O–H groups in total. The van der Waals surface area contributed by atoms with Crippen LogP contribution < -0.4 is 10.0 Å². The Balaban J connectivity index is 2.24. The number of piperazine rings is 1. The first-order valence-electron chi connectivity index (χ1n) is 8.58. The van der Waals surface area contributed by atoms with E-state index in [-0.39, 0.29) is 10.6 Å². The standard InChI is InChI=1S/C18H27N3O4/c1-13(2)25-16(22)14-7-6-8-19-15(14)20-9-11-21(12-10-20,17(23)24)18(3,4)5/h6-8,13H,9-12H2,1-5H3. The normalized spacial score (nSPS) is 17.4. The highest BCUT2D eigenvalue weighted by molar-refractivity contribution is 5.94. The Bertz CT molecular complexity index is 644. The molecule has 138 valence electrons. The van der Waals surface area contributed by atoms with Crippen LogP contribution in [0.25, 0.3) is 0 Å². The molecule has 0 radical (unpaired) electrons. The van der Waals surface area contributed by atoms with Gasteiger partial charge in [-0.3, -0.25) is 4.48 Å². The van der Waals surface area contributed by atoms with E-state index < -0.39 is 17.6 Å². The molecule has 1 fully saturated rings. The van der Waals surface area contributed by atoms with Gasteiger partial charge in [0, 0.05) is 6.20 Å². The quantitative estimate of drug-likeness (QED) is 0.606. The van der Waals surface area contributed by atoms with Gasteiger partial charge in [-0.2, -0.15) is 0 Å². The van der Waals surface area contributed by atoms with Crippen LogP contribution >= 0.6 is 0 Å². The maximum absolute atomic E-state index is 12.3. The van der Waals surface area contributed by atoms with E-state index in [9.17, 15) is 14.7 Å². The molecule has 1 aromatic rings. The molecular weight excluding hydrogens is 322 g/mol. The molecule has 0 saturated carbocycles. The molecule has 0 bridgehead atoms. The topological polar surface area (TPSA) is 82.6 Å². The van der Waals surface area contributed by atoms with Crippen LogP contribution in [0.1, 0.15) is 45.0 Å². The van der Waals surface area contributed by atoms with Crippen molar-refractivity contribution in [3.05, 3.63) is 23.9 Å². The van der Waals surface area contributed by atoms with E-state index >= 15 is 0 Å². The van der Waals surface area contributed by atoms with Crippen LogP contribution in [0.2, 0.25) is 0 Å². The maximum Gasteiger partial charge on any atom is 0.342 e. The monoisotopic (exact) mass is 349 g/mol. The van der Waals surface area contributed by atoms with Crippen molar-refractivity contribution in [1.29, 1.82) is 0 Å². The van der Waals surface area contributed by atoms with Crippen molar-refractivity contribution >= 4 is 17.9 Å². The number of carbonyl (C=O) groups is 2. The largest absolute Gasteiger partial charge is 0.498 e. The van der Waals surface area contributed by atoms with Crippen LogP contribution in [0, 0.1) is 0 Å². The summed E-state index contributed by atoms with van der Waals surface area (Å²) in [5.74, 6) is 0.123. The minimum absolute atomic E-state index is 0.109. The van der Waals surface area contributed by atoms with Gasteiger partial charge in [-0.05, 0) is 46.8 Å². The molecule has 2 rings (SSSR count). The zero-order chi connectivity index (χ0) is 18.8. The average Bonchev–Trinajstić information content (AvgIpc) is 2.53. The second-order valence-electron chi connectivity index (χ2n) is 7.67. The van der Waals surface area contributed by atoms with Crippen molar-refractivity contribution in [2.45, 2.75) is 46.3 Å². The van der Waals surface area contributed by atoms with Gasteiger partial charge < -0.3 is 19.5 Å². The number of ether oxygens (including phenoxy) is 1. The van der Waals surface area contributed by atoms with Gasteiger partial charge in [-0.25, -0.2) is 9.78 Å². The summed E-state index contributed by atoms with van der Waals surface area (Å²) in [6.07, 6.45) is 0.346. The van der Waals surface area contributed by atoms with Gasteiger partial charge in [-0.1, -0.05) is 0 Å². The molecule has 0 spiro atoms. The molecule has 7 heteroatoms. The number of quaternary nitrogens is 1. The Hall–Kier alpha value is -2.15. The van der Waals surface area contributed by atoms with E-state index in [0.29, 0.717) is 37.6 Å². The van der Waals surface area contributed by atoms with Crippen LogP contribution in [0.15, 0.2) is 18.3 Å². The summed E-state index contributed by atoms with van der Waals surface area (Å²) >= 11 is 0. The van der Waals surface area contributed by atoms with E-state index in [2.05, 4.69) is 4.98 Å². The van der Waals surface area contributed by atoms with E-state index in [1.165, 1.54) is 0 Å². The first kappa shape index (κ1) is 19.2. The fourth-order valence-electron chi connectivity index (χ4n) is 3.23. The summed E-state index contributed by atoms with van der Waals surface area (Å²) in [7, 11) is 0. The Labute approximate surface area is 148 Å². The lowest BCUT2D eigenvalue weighted by molar-refractivity contribution is -0.920. The average molecular weight is 349 g/mol. The second kappa shape index (κ2) is 7.00. The lowest BCUT2D eigenvalue weighted by Gasteiger charge is -2.52. The van der Waals surface area contributed by atoms with E-state index in [0.717, 1.165) is 0 Å². The molecule has 1 aliphatic heterocycles. The molecule has 2 heterocycles. The summed E-state index contributed by atoms with van der Waals surface area (Å²) in [5, 5.41) is 11.8. The molecule has 25 heavy (non-hydrogen) atoms. The Kier molecular flexibility index (Phi) is 5.37. The first-order valence-corrected chi connectivity index (χ1v) is 8.58. The lowest BCUT2D eigenvalue weighted by Crippen LogP contribution is -2.73. The number of carboxylic acid groups (broad SMARTS) is 1. The van der Waals surface area contributed by atoms with Crippen molar-refractivity contribution in [3.8, 4) is 0 Å². The highest BCUT2D eigenvalue weighted by Gasteiger charge is 2.45. The number of hydrogen-bond donors (Lipinski definition) is 0. The number of rotatable bonds is 3. The predicted molar refractivity (Wildman–Crippen MR) is 92.1 cm³/mol.